The van der Waals surface area contributed by atoms with Crippen molar-refractivity contribution in [3.63, 3.8) is 0 Å². The summed E-state index contributed by atoms with van der Waals surface area (Å²) in [5, 5.41) is 3.09. The summed E-state index contributed by atoms with van der Waals surface area (Å²) in [5.74, 6) is -0.137. The summed E-state index contributed by atoms with van der Waals surface area (Å²) < 4.78 is 0. The average molecular weight is 415 g/mol. The molecule has 1 aliphatic heterocycles. The van der Waals surface area contributed by atoms with Crippen molar-refractivity contribution in [3.05, 3.63) is 50.9 Å². The molecular weight excluding hydrogens is 395 g/mol. The van der Waals surface area contributed by atoms with Gasteiger partial charge in [0.2, 0.25) is 0 Å². The Kier molecular flexibility index (Phi) is 7.40. The first-order valence-electron chi connectivity index (χ1n) is 8.07. The zero-order valence-corrected chi connectivity index (χ0v) is 16.4. The van der Waals surface area contributed by atoms with Crippen LogP contribution in [0.3, 0.4) is 0 Å². The SMILES string of the molecule is Cl.NCc1nc(C(=O)N2CCCN(C(=O)c3ccc(Cl)cc3)CC2)cs1. The van der Waals surface area contributed by atoms with Crippen molar-refractivity contribution in [2.75, 3.05) is 26.2 Å². The molecule has 0 atom stereocenters. The van der Waals surface area contributed by atoms with Gasteiger partial charge >= 0.3 is 0 Å². The molecule has 6 nitrogen and oxygen atoms in total. The topological polar surface area (TPSA) is 79.5 Å². The fourth-order valence-corrected chi connectivity index (χ4v) is 3.54. The van der Waals surface area contributed by atoms with Gasteiger partial charge in [-0.05, 0) is 30.7 Å². The van der Waals surface area contributed by atoms with Gasteiger partial charge in [-0.1, -0.05) is 11.6 Å². The minimum Gasteiger partial charge on any atom is -0.337 e. The van der Waals surface area contributed by atoms with Crippen LogP contribution >= 0.6 is 35.3 Å². The lowest BCUT2D eigenvalue weighted by Gasteiger charge is -2.22. The van der Waals surface area contributed by atoms with Crippen LogP contribution in [-0.4, -0.2) is 52.8 Å². The molecule has 3 rings (SSSR count). The van der Waals surface area contributed by atoms with Gasteiger partial charge in [0.25, 0.3) is 11.8 Å². The third-order valence-corrected chi connectivity index (χ3v) is 5.23. The van der Waals surface area contributed by atoms with E-state index in [2.05, 4.69) is 4.98 Å². The van der Waals surface area contributed by atoms with Gasteiger partial charge in [-0.2, -0.15) is 0 Å². The van der Waals surface area contributed by atoms with Crippen LogP contribution in [0.25, 0.3) is 0 Å². The maximum atomic E-state index is 12.6. The molecule has 9 heteroatoms. The number of benzene rings is 1. The summed E-state index contributed by atoms with van der Waals surface area (Å²) in [5.41, 5.74) is 6.59. The summed E-state index contributed by atoms with van der Waals surface area (Å²) in [4.78, 5) is 33.0. The molecule has 1 fully saturated rings. The van der Waals surface area contributed by atoms with Crippen LogP contribution in [0, 0.1) is 0 Å². The average Bonchev–Trinajstić information content (AvgIpc) is 2.98. The van der Waals surface area contributed by atoms with Gasteiger partial charge in [-0.25, -0.2) is 4.98 Å². The van der Waals surface area contributed by atoms with Crippen LogP contribution in [0.5, 0.6) is 0 Å². The highest BCUT2D eigenvalue weighted by atomic mass is 35.5. The van der Waals surface area contributed by atoms with Crippen LogP contribution in [0.2, 0.25) is 5.02 Å². The van der Waals surface area contributed by atoms with Crippen LogP contribution in [0.1, 0.15) is 32.3 Å². The zero-order chi connectivity index (χ0) is 17.8. The van der Waals surface area contributed by atoms with E-state index in [1.807, 2.05) is 0 Å². The molecule has 0 spiro atoms. The predicted octanol–water partition coefficient (Wildman–Crippen LogP) is 2.67. The van der Waals surface area contributed by atoms with E-state index >= 15 is 0 Å². The Morgan fingerprint density at radius 3 is 2.27 bits per heavy atom. The van der Waals surface area contributed by atoms with Gasteiger partial charge in [0, 0.05) is 48.7 Å². The molecule has 0 aliphatic carbocycles. The second-order valence-electron chi connectivity index (χ2n) is 5.78. The van der Waals surface area contributed by atoms with Crippen molar-refractivity contribution in [2.45, 2.75) is 13.0 Å². The normalized spacial score (nSPS) is 14.5. The fourth-order valence-electron chi connectivity index (χ4n) is 2.76. The number of hydrogen-bond acceptors (Lipinski definition) is 5. The van der Waals surface area contributed by atoms with Crippen LogP contribution in [0.15, 0.2) is 29.6 Å². The first kappa shape index (κ1) is 20.6. The van der Waals surface area contributed by atoms with E-state index in [4.69, 9.17) is 17.3 Å². The van der Waals surface area contributed by atoms with Crippen molar-refractivity contribution >= 4 is 47.2 Å². The second kappa shape index (κ2) is 9.32. The number of thiazole rings is 1. The van der Waals surface area contributed by atoms with Gasteiger partial charge in [-0.15, -0.1) is 23.7 Å². The monoisotopic (exact) mass is 414 g/mol. The Morgan fingerprint density at radius 2 is 1.69 bits per heavy atom. The van der Waals surface area contributed by atoms with E-state index < -0.39 is 0 Å². The number of nitrogens with zero attached hydrogens (tertiary/aromatic N) is 3. The molecule has 1 aliphatic rings. The number of aromatic nitrogens is 1. The predicted molar refractivity (Wildman–Crippen MR) is 105 cm³/mol. The van der Waals surface area contributed by atoms with Gasteiger partial charge in [-0.3, -0.25) is 9.59 Å². The van der Waals surface area contributed by atoms with Crippen molar-refractivity contribution < 1.29 is 9.59 Å². The molecule has 2 heterocycles. The molecule has 1 aromatic carbocycles. The number of halogens is 2. The quantitative estimate of drug-likeness (QED) is 0.836. The molecular formula is C17H20Cl2N4O2S. The van der Waals surface area contributed by atoms with Gasteiger partial charge in [0.05, 0.1) is 0 Å². The van der Waals surface area contributed by atoms with Crippen LogP contribution in [0.4, 0.5) is 0 Å². The van der Waals surface area contributed by atoms with E-state index in [1.165, 1.54) is 11.3 Å². The molecule has 1 aromatic heterocycles. The Hall–Kier alpha value is -1.67. The summed E-state index contributed by atoms with van der Waals surface area (Å²) in [6, 6.07) is 6.86. The van der Waals surface area contributed by atoms with Crippen LogP contribution in [-0.2, 0) is 6.54 Å². The highest BCUT2D eigenvalue weighted by molar-refractivity contribution is 7.09. The molecule has 26 heavy (non-hydrogen) atoms. The Morgan fingerprint density at radius 1 is 1.08 bits per heavy atom. The number of hydrogen-bond donors (Lipinski definition) is 1. The van der Waals surface area contributed by atoms with Gasteiger partial charge in [0.15, 0.2) is 0 Å². The van der Waals surface area contributed by atoms with Crippen molar-refractivity contribution in [1.29, 1.82) is 0 Å². The second-order valence-corrected chi connectivity index (χ2v) is 7.15. The zero-order valence-electron chi connectivity index (χ0n) is 14.1. The molecule has 0 radical (unpaired) electrons. The molecule has 0 bridgehead atoms. The fraction of sp³-hybridized carbons (Fsp3) is 0.353. The number of carbonyl (C=O) groups is 2. The molecule has 2 N–H and O–H groups in total. The summed E-state index contributed by atoms with van der Waals surface area (Å²) in [7, 11) is 0. The highest BCUT2D eigenvalue weighted by Gasteiger charge is 2.24. The smallest absolute Gasteiger partial charge is 0.273 e. The van der Waals surface area contributed by atoms with Crippen LogP contribution < -0.4 is 5.73 Å². The molecule has 1 saturated heterocycles. The molecule has 0 saturated carbocycles. The van der Waals surface area contributed by atoms with E-state index in [0.717, 1.165) is 11.4 Å². The standard InChI is InChI=1S/C17H19ClN4O2S.ClH/c18-13-4-2-12(3-5-13)16(23)21-6-1-7-22(9-8-21)17(24)14-11-25-15(10-19)20-14;/h2-5,11H,1,6-10,19H2;1H. The lowest BCUT2D eigenvalue weighted by molar-refractivity contribution is 0.0716. The van der Waals surface area contributed by atoms with E-state index in [9.17, 15) is 9.59 Å². The van der Waals surface area contributed by atoms with E-state index in [1.54, 1.807) is 39.4 Å². The largest absolute Gasteiger partial charge is 0.337 e. The summed E-state index contributed by atoms with van der Waals surface area (Å²) >= 11 is 7.26. The van der Waals surface area contributed by atoms with Crippen molar-refractivity contribution in [1.82, 2.24) is 14.8 Å². The number of nitrogens with two attached hydrogens (primary N) is 1. The van der Waals surface area contributed by atoms with Gasteiger partial charge < -0.3 is 15.5 Å². The molecule has 140 valence electrons. The minimum atomic E-state index is -0.100. The van der Waals surface area contributed by atoms with Gasteiger partial charge in [0.1, 0.15) is 10.7 Å². The third kappa shape index (κ3) is 4.73. The maximum absolute atomic E-state index is 12.6. The number of rotatable bonds is 3. The van der Waals surface area contributed by atoms with Crippen molar-refractivity contribution in [2.24, 2.45) is 5.73 Å². The number of amides is 2. The number of carbonyl (C=O) groups excluding carboxylic acids is 2. The molecule has 0 unspecified atom stereocenters. The third-order valence-electron chi connectivity index (χ3n) is 4.11. The van der Waals surface area contributed by atoms with E-state index in [0.29, 0.717) is 49.0 Å². The van der Waals surface area contributed by atoms with E-state index in [-0.39, 0.29) is 24.2 Å². The summed E-state index contributed by atoms with van der Waals surface area (Å²) in [6.07, 6.45) is 0.735. The molecule has 2 amide bonds. The highest BCUT2D eigenvalue weighted by Crippen LogP contribution is 2.16. The Labute approximate surface area is 167 Å². The lowest BCUT2D eigenvalue weighted by Crippen LogP contribution is -2.37. The Bertz CT molecular complexity index is 766. The first-order valence-corrected chi connectivity index (χ1v) is 9.33. The Balaban J connectivity index is 0.00000243. The minimum absolute atomic E-state index is 0. The first-order chi connectivity index (χ1) is 12.1. The maximum Gasteiger partial charge on any atom is 0.273 e. The lowest BCUT2D eigenvalue weighted by atomic mass is 10.2. The van der Waals surface area contributed by atoms with Crippen molar-refractivity contribution in [3.8, 4) is 0 Å². The summed E-state index contributed by atoms with van der Waals surface area (Å²) in [6.45, 7) is 2.56. The molecule has 2 aromatic rings.